The van der Waals surface area contributed by atoms with Gasteiger partial charge in [-0.05, 0) is 0 Å². The molecule has 0 unspecified atom stereocenters. The summed E-state index contributed by atoms with van der Waals surface area (Å²) in [4.78, 5) is 10.8. The van der Waals surface area contributed by atoms with E-state index in [-0.39, 0.29) is 5.69 Å². The lowest BCUT2D eigenvalue weighted by atomic mass is 10.6. The average molecular weight is 184 g/mol. The maximum Gasteiger partial charge on any atom is 0.343 e. The number of nitrogens with zero attached hydrogens (tertiary/aromatic N) is 3. The number of H-pyrrole nitrogens is 1. The number of nitrogens with one attached hydrogen (secondary N) is 1. The second-order valence-electron chi connectivity index (χ2n) is 2.13. The largest absolute Gasteiger partial charge is 0.343 e. The van der Waals surface area contributed by atoms with Crippen molar-refractivity contribution in [2.45, 2.75) is 11.6 Å². The van der Waals surface area contributed by atoms with E-state index in [1.807, 2.05) is 6.07 Å². The molecule has 5 nitrogen and oxygen atoms in total. The van der Waals surface area contributed by atoms with Crippen LogP contribution in [0.1, 0.15) is 6.42 Å². The third-order valence-corrected chi connectivity index (χ3v) is 2.32. The molecule has 0 aliphatic heterocycles. The molecule has 1 rings (SSSR count). The SMILES string of the molecule is Cn1c(SCCC#N)n[nH]c1=O. The van der Waals surface area contributed by atoms with Gasteiger partial charge in [-0.3, -0.25) is 4.57 Å². The predicted molar refractivity (Wildman–Crippen MR) is 44.8 cm³/mol. The van der Waals surface area contributed by atoms with Crippen molar-refractivity contribution in [2.24, 2.45) is 7.05 Å². The van der Waals surface area contributed by atoms with Crippen molar-refractivity contribution < 1.29 is 0 Å². The van der Waals surface area contributed by atoms with Crippen LogP contribution in [0.25, 0.3) is 0 Å². The minimum Gasteiger partial charge on any atom is -0.273 e. The molecule has 12 heavy (non-hydrogen) atoms. The molecule has 0 aromatic carbocycles. The van der Waals surface area contributed by atoms with Gasteiger partial charge in [0.05, 0.1) is 6.07 Å². The standard InChI is InChI=1S/C6H8N4OS/c1-10-5(11)8-9-6(10)12-4-2-3-7/h2,4H2,1H3,(H,8,11). The van der Waals surface area contributed by atoms with Crippen molar-refractivity contribution in [1.29, 1.82) is 5.26 Å². The Hall–Kier alpha value is -1.22. The van der Waals surface area contributed by atoms with Crippen LogP contribution in [0.4, 0.5) is 0 Å². The zero-order valence-corrected chi connectivity index (χ0v) is 7.39. The molecule has 1 aromatic rings. The fourth-order valence-electron chi connectivity index (χ4n) is 0.650. The number of hydrogen-bond donors (Lipinski definition) is 1. The van der Waals surface area contributed by atoms with E-state index in [1.165, 1.54) is 16.3 Å². The van der Waals surface area contributed by atoms with Crippen LogP contribution >= 0.6 is 11.8 Å². The topological polar surface area (TPSA) is 74.5 Å². The number of thioether (sulfide) groups is 1. The van der Waals surface area contributed by atoms with Crippen molar-refractivity contribution in [3.05, 3.63) is 10.5 Å². The van der Waals surface area contributed by atoms with Gasteiger partial charge in [-0.1, -0.05) is 11.8 Å². The Morgan fingerprint density at radius 1 is 1.83 bits per heavy atom. The van der Waals surface area contributed by atoms with Gasteiger partial charge in [-0.2, -0.15) is 5.26 Å². The van der Waals surface area contributed by atoms with Crippen LogP contribution in [0.15, 0.2) is 9.95 Å². The highest BCUT2D eigenvalue weighted by molar-refractivity contribution is 7.99. The Bertz CT molecular complexity index is 347. The first kappa shape index (κ1) is 8.87. The summed E-state index contributed by atoms with van der Waals surface area (Å²) in [5, 5.41) is 15.0. The summed E-state index contributed by atoms with van der Waals surface area (Å²) in [7, 11) is 1.64. The minimum absolute atomic E-state index is 0.227. The van der Waals surface area contributed by atoms with E-state index < -0.39 is 0 Å². The summed E-state index contributed by atoms with van der Waals surface area (Å²) in [6, 6.07) is 2.02. The molecule has 0 atom stereocenters. The average Bonchev–Trinajstić information content (AvgIpc) is 2.36. The highest BCUT2D eigenvalue weighted by atomic mass is 32.2. The second-order valence-corrected chi connectivity index (χ2v) is 3.19. The normalized spacial score (nSPS) is 9.67. The lowest BCUT2D eigenvalue weighted by Gasteiger charge is -1.94. The summed E-state index contributed by atoms with van der Waals surface area (Å²) >= 11 is 1.39. The molecule has 64 valence electrons. The Labute approximate surface area is 73.4 Å². The van der Waals surface area contributed by atoms with Gasteiger partial charge in [-0.25, -0.2) is 9.89 Å². The molecule has 1 N–H and O–H groups in total. The van der Waals surface area contributed by atoms with Crippen LogP contribution in [0.2, 0.25) is 0 Å². The molecular weight excluding hydrogens is 176 g/mol. The zero-order valence-electron chi connectivity index (χ0n) is 6.57. The monoisotopic (exact) mass is 184 g/mol. The van der Waals surface area contributed by atoms with E-state index in [0.29, 0.717) is 17.3 Å². The molecule has 0 aliphatic carbocycles. The molecule has 0 amide bonds. The Morgan fingerprint density at radius 3 is 3.08 bits per heavy atom. The van der Waals surface area contributed by atoms with E-state index >= 15 is 0 Å². The van der Waals surface area contributed by atoms with Crippen LogP contribution in [-0.4, -0.2) is 20.5 Å². The van der Waals surface area contributed by atoms with Crippen molar-refractivity contribution in [2.75, 3.05) is 5.75 Å². The van der Waals surface area contributed by atoms with Crippen molar-refractivity contribution in [3.8, 4) is 6.07 Å². The van der Waals surface area contributed by atoms with Crippen LogP contribution in [0.3, 0.4) is 0 Å². The molecule has 0 fully saturated rings. The fourth-order valence-corrected chi connectivity index (χ4v) is 1.41. The number of hydrogen-bond acceptors (Lipinski definition) is 4. The van der Waals surface area contributed by atoms with Gasteiger partial charge < -0.3 is 0 Å². The fraction of sp³-hybridized carbons (Fsp3) is 0.500. The maximum absolute atomic E-state index is 10.8. The maximum atomic E-state index is 10.8. The lowest BCUT2D eigenvalue weighted by Crippen LogP contribution is -2.12. The van der Waals surface area contributed by atoms with Gasteiger partial charge in [-0.15, -0.1) is 5.10 Å². The summed E-state index contributed by atoms with van der Waals surface area (Å²) < 4.78 is 1.42. The zero-order chi connectivity index (χ0) is 8.97. The second kappa shape index (κ2) is 3.97. The molecule has 0 saturated carbocycles. The highest BCUT2D eigenvalue weighted by Gasteiger charge is 2.02. The van der Waals surface area contributed by atoms with Gasteiger partial charge >= 0.3 is 5.69 Å². The number of rotatable bonds is 3. The third kappa shape index (κ3) is 1.89. The molecule has 1 aromatic heterocycles. The Balaban J connectivity index is 2.59. The minimum atomic E-state index is -0.227. The van der Waals surface area contributed by atoms with Crippen LogP contribution in [0.5, 0.6) is 0 Å². The summed E-state index contributed by atoms with van der Waals surface area (Å²) in [6.45, 7) is 0. The third-order valence-electron chi connectivity index (χ3n) is 1.28. The highest BCUT2D eigenvalue weighted by Crippen LogP contribution is 2.11. The number of nitriles is 1. The Kier molecular flexibility index (Phi) is 2.94. The quantitative estimate of drug-likeness (QED) is 0.534. The van der Waals surface area contributed by atoms with Gasteiger partial charge in [0.15, 0.2) is 5.16 Å². The van der Waals surface area contributed by atoms with Gasteiger partial charge in [0.25, 0.3) is 0 Å². The van der Waals surface area contributed by atoms with Crippen molar-refractivity contribution in [3.63, 3.8) is 0 Å². The first-order chi connectivity index (χ1) is 5.75. The summed E-state index contributed by atoms with van der Waals surface area (Å²) in [6.07, 6.45) is 0.464. The van der Waals surface area contributed by atoms with Crippen molar-refractivity contribution in [1.82, 2.24) is 14.8 Å². The first-order valence-corrected chi connectivity index (χ1v) is 4.35. The van der Waals surface area contributed by atoms with Crippen LogP contribution < -0.4 is 5.69 Å². The molecular formula is C6H8N4OS. The van der Waals surface area contributed by atoms with E-state index in [4.69, 9.17) is 5.26 Å². The van der Waals surface area contributed by atoms with E-state index in [1.54, 1.807) is 7.05 Å². The smallest absolute Gasteiger partial charge is 0.273 e. The molecule has 0 spiro atoms. The molecule has 0 saturated heterocycles. The van der Waals surface area contributed by atoms with E-state index in [9.17, 15) is 4.79 Å². The van der Waals surface area contributed by atoms with Gasteiger partial charge in [0.2, 0.25) is 0 Å². The van der Waals surface area contributed by atoms with Gasteiger partial charge in [0, 0.05) is 19.2 Å². The number of aromatic amines is 1. The molecule has 0 bridgehead atoms. The summed E-state index contributed by atoms with van der Waals surface area (Å²) in [5.41, 5.74) is -0.227. The van der Waals surface area contributed by atoms with E-state index in [0.717, 1.165) is 0 Å². The molecule has 0 aliphatic rings. The Morgan fingerprint density at radius 2 is 2.58 bits per heavy atom. The van der Waals surface area contributed by atoms with Crippen LogP contribution in [0, 0.1) is 11.3 Å². The van der Waals surface area contributed by atoms with Crippen LogP contribution in [-0.2, 0) is 7.05 Å². The summed E-state index contributed by atoms with van der Waals surface area (Å²) in [5.74, 6) is 0.661. The molecule has 0 radical (unpaired) electrons. The lowest BCUT2D eigenvalue weighted by molar-refractivity contribution is 0.766. The van der Waals surface area contributed by atoms with E-state index in [2.05, 4.69) is 10.2 Å². The first-order valence-electron chi connectivity index (χ1n) is 3.37. The molecule has 1 heterocycles. The van der Waals surface area contributed by atoms with Crippen molar-refractivity contribution >= 4 is 11.8 Å². The predicted octanol–water partition coefficient (Wildman–Crippen LogP) is 0.114. The van der Waals surface area contributed by atoms with Gasteiger partial charge in [0.1, 0.15) is 0 Å². The number of aromatic nitrogens is 3. The molecule has 6 heteroatoms.